The van der Waals surface area contributed by atoms with Gasteiger partial charge in [-0.1, -0.05) is 160 Å². The van der Waals surface area contributed by atoms with Crippen LogP contribution in [0.25, 0.3) is 0 Å². The molecular formula is C43H81NO9. The second-order valence-electron chi connectivity index (χ2n) is 15.3. The Morgan fingerprint density at radius 2 is 1.09 bits per heavy atom. The van der Waals surface area contributed by atoms with Gasteiger partial charge in [0, 0.05) is 0 Å². The molecule has 0 bridgehead atoms. The third kappa shape index (κ3) is 24.7. The number of hydrogen-bond donors (Lipinski definition) is 7. The Hall–Kier alpha value is -1.37. The smallest absolute Gasteiger partial charge is 0.249 e. The first-order chi connectivity index (χ1) is 25.8. The molecule has 10 heteroatoms. The van der Waals surface area contributed by atoms with Gasteiger partial charge in [-0.05, 0) is 44.9 Å². The Morgan fingerprint density at radius 1 is 0.642 bits per heavy atom. The van der Waals surface area contributed by atoms with Crippen LogP contribution in [0.2, 0.25) is 0 Å². The number of carbonyl (C=O) groups is 1. The number of nitrogens with one attached hydrogen (secondary N) is 1. The molecular weight excluding hydrogens is 674 g/mol. The summed E-state index contributed by atoms with van der Waals surface area (Å²) in [6.07, 6.45) is 28.3. The zero-order valence-electron chi connectivity index (χ0n) is 33.6. The van der Waals surface area contributed by atoms with E-state index in [1.165, 1.54) is 96.3 Å². The third-order valence-electron chi connectivity index (χ3n) is 10.4. The number of aliphatic hydroxyl groups is 6. The lowest BCUT2D eigenvalue weighted by atomic mass is 9.99. The van der Waals surface area contributed by atoms with Gasteiger partial charge >= 0.3 is 0 Å². The summed E-state index contributed by atoms with van der Waals surface area (Å²) < 4.78 is 11.1. The lowest BCUT2D eigenvalue weighted by Gasteiger charge is -2.40. The van der Waals surface area contributed by atoms with Gasteiger partial charge in [0.05, 0.1) is 25.4 Å². The standard InChI is InChI=1S/C43H81NO9/c1-3-5-7-9-11-13-15-17-18-19-20-22-23-25-27-29-31-36(46)35(34-52-43-41(50)40(49)39(48)38(33-45)53-43)44-42(51)37(47)32-30-28-26-24-21-16-14-12-10-8-6-4-2/h17-18,29,31,35-41,43,45-50H,3-16,19-28,30,32-34H2,1-2H3,(H,44,51)/b18-17-,31-29+/t35-,36+,37+,38+,39+,40-,41+,43+/m0/s1. The molecule has 0 aromatic heterocycles. The minimum Gasteiger partial charge on any atom is -0.394 e. The molecule has 8 atom stereocenters. The minimum atomic E-state index is -1.61. The fourth-order valence-corrected chi connectivity index (χ4v) is 6.74. The monoisotopic (exact) mass is 756 g/mol. The van der Waals surface area contributed by atoms with Crippen molar-refractivity contribution in [2.24, 2.45) is 0 Å². The van der Waals surface area contributed by atoms with E-state index in [1.807, 2.05) is 6.08 Å². The summed E-state index contributed by atoms with van der Waals surface area (Å²) in [4.78, 5) is 13.0. The van der Waals surface area contributed by atoms with E-state index in [-0.39, 0.29) is 6.61 Å². The average Bonchev–Trinajstić information content (AvgIpc) is 3.16. The highest BCUT2D eigenvalue weighted by Gasteiger charge is 2.44. The Labute approximate surface area is 322 Å². The summed E-state index contributed by atoms with van der Waals surface area (Å²) in [6.45, 7) is 3.57. The maximum atomic E-state index is 13.0. The van der Waals surface area contributed by atoms with E-state index >= 15 is 0 Å². The maximum Gasteiger partial charge on any atom is 0.249 e. The first-order valence-electron chi connectivity index (χ1n) is 21.7. The normalized spacial score (nSPS) is 22.5. The van der Waals surface area contributed by atoms with Crippen molar-refractivity contribution in [2.45, 2.75) is 230 Å². The van der Waals surface area contributed by atoms with Crippen LogP contribution in [0.4, 0.5) is 0 Å². The van der Waals surface area contributed by atoms with Gasteiger partial charge in [0.25, 0.3) is 0 Å². The molecule has 53 heavy (non-hydrogen) atoms. The highest BCUT2D eigenvalue weighted by atomic mass is 16.7. The van der Waals surface area contributed by atoms with Gasteiger partial charge in [-0.25, -0.2) is 0 Å². The summed E-state index contributed by atoms with van der Waals surface area (Å²) >= 11 is 0. The van der Waals surface area contributed by atoms with Crippen molar-refractivity contribution in [3.63, 3.8) is 0 Å². The number of hydrogen-bond acceptors (Lipinski definition) is 9. The van der Waals surface area contributed by atoms with E-state index in [4.69, 9.17) is 9.47 Å². The molecule has 0 aromatic rings. The van der Waals surface area contributed by atoms with Crippen LogP contribution in [-0.2, 0) is 14.3 Å². The van der Waals surface area contributed by atoms with Gasteiger partial charge in [-0.3, -0.25) is 4.79 Å². The molecule has 1 fully saturated rings. The number of carbonyl (C=O) groups excluding carboxylic acids is 1. The molecule has 312 valence electrons. The Morgan fingerprint density at radius 3 is 1.58 bits per heavy atom. The van der Waals surface area contributed by atoms with Gasteiger partial charge in [0.15, 0.2) is 6.29 Å². The predicted molar refractivity (Wildman–Crippen MR) is 213 cm³/mol. The molecule has 10 nitrogen and oxygen atoms in total. The number of aliphatic hydroxyl groups excluding tert-OH is 6. The van der Waals surface area contributed by atoms with Crippen LogP contribution >= 0.6 is 0 Å². The van der Waals surface area contributed by atoms with E-state index in [2.05, 4.69) is 31.3 Å². The van der Waals surface area contributed by atoms with Crippen LogP contribution < -0.4 is 5.32 Å². The van der Waals surface area contributed by atoms with Gasteiger partial charge in [0.2, 0.25) is 5.91 Å². The van der Waals surface area contributed by atoms with Crippen LogP contribution in [0.3, 0.4) is 0 Å². The van der Waals surface area contributed by atoms with E-state index in [0.717, 1.165) is 64.2 Å². The molecule has 1 rings (SSSR count). The number of rotatable bonds is 35. The summed E-state index contributed by atoms with van der Waals surface area (Å²) in [5.74, 6) is -0.621. The van der Waals surface area contributed by atoms with E-state index in [9.17, 15) is 35.4 Å². The number of amides is 1. The molecule has 0 aromatic carbocycles. The fraction of sp³-hybridized carbons (Fsp3) is 0.884. The Bertz CT molecular complexity index is 901. The van der Waals surface area contributed by atoms with Crippen LogP contribution in [0, 0.1) is 0 Å². The first kappa shape index (κ1) is 49.6. The fourth-order valence-electron chi connectivity index (χ4n) is 6.74. The highest BCUT2D eigenvalue weighted by molar-refractivity contribution is 5.80. The zero-order chi connectivity index (χ0) is 38.9. The van der Waals surface area contributed by atoms with Crippen molar-refractivity contribution < 1.29 is 44.9 Å². The first-order valence-corrected chi connectivity index (χ1v) is 21.7. The summed E-state index contributed by atoms with van der Waals surface area (Å²) in [5.41, 5.74) is 0. The number of allylic oxidation sites excluding steroid dienone is 3. The summed E-state index contributed by atoms with van der Waals surface area (Å²) in [6, 6.07) is -0.981. The SMILES string of the molecule is CCCCCCCC/C=C\CCCCCC/C=C/[C@@H](O)[C@H](CO[C@@H]1O[C@H](CO)[C@@H](O)[C@H](O)[C@H]1O)NC(=O)[C@H](O)CCCCCCCCCCCCCC. The second kappa shape index (κ2) is 33.9. The minimum absolute atomic E-state index is 0.308. The largest absolute Gasteiger partial charge is 0.394 e. The molecule has 0 saturated carbocycles. The Kier molecular flexibility index (Phi) is 31.8. The van der Waals surface area contributed by atoms with E-state index in [1.54, 1.807) is 6.08 Å². The topological polar surface area (TPSA) is 169 Å². The van der Waals surface area contributed by atoms with Gasteiger partial charge < -0.3 is 45.4 Å². The summed E-state index contributed by atoms with van der Waals surface area (Å²) in [7, 11) is 0. The average molecular weight is 756 g/mol. The zero-order valence-corrected chi connectivity index (χ0v) is 33.6. The van der Waals surface area contributed by atoms with Crippen molar-refractivity contribution >= 4 is 5.91 Å². The van der Waals surface area contributed by atoms with E-state index < -0.39 is 61.5 Å². The molecule has 1 heterocycles. The number of unbranched alkanes of at least 4 members (excludes halogenated alkanes) is 22. The van der Waals surface area contributed by atoms with E-state index in [0.29, 0.717) is 6.42 Å². The molecule has 1 amide bonds. The van der Waals surface area contributed by atoms with Gasteiger partial charge in [0.1, 0.15) is 30.5 Å². The second-order valence-corrected chi connectivity index (χ2v) is 15.3. The summed E-state index contributed by atoms with van der Waals surface area (Å²) in [5, 5.41) is 64.5. The molecule has 7 N–H and O–H groups in total. The van der Waals surface area contributed by atoms with Gasteiger partial charge in [-0.2, -0.15) is 0 Å². The molecule has 1 aliphatic heterocycles. The van der Waals surface area contributed by atoms with Crippen LogP contribution in [0.15, 0.2) is 24.3 Å². The molecule has 1 aliphatic rings. The quantitative estimate of drug-likeness (QED) is 0.0259. The molecule has 0 radical (unpaired) electrons. The maximum absolute atomic E-state index is 13.0. The highest BCUT2D eigenvalue weighted by Crippen LogP contribution is 2.22. The Balaban J connectivity index is 2.48. The molecule has 1 saturated heterocycles. The van der Waals surface area contributed by atoms with Crippen molar-refractivity contribution in [2.75, 3.05) is 13.2 Å². The molecule has 0 aliphatic carbocycles. The molecule has 0 spiro atoms. The van der Waals surface area contributed by atoms with Gasteiger partial charge in [-0.15, -0.1) is 0 Å². The third-order valence-corrected chi connectivity index (χ3v) is 10.4. The van der Waals surface area contributed by atoms with Crippen LogP contribution in [0.1, 0.15) is 181 Å². The number of ether oxygens (including phenoxy) is 2. The lowest BCUT2D eigenvalue weighted by Crippen LogP contribution is -2.60. The van der Waals surface area contributed by atoms with Crippen molar-refractivity contribution in [1.29, 1.82) is 0 Å². The van der Waals surface area contributed by atoms with Crippen molar-refractivity contribution in [3.8, 4) is 0 Å². The predicted octanol–water partition coefficient (Wildman–Crippen LogP) is 7.30. The lowest BCUT2D eigenvalue weighted by molar-refractivity contribution is -0.302. The van der Waals surface area contributed by atoms with Crippen molar-refractivity contribution in [1.82, 2.24) is 5.32 Å². The van der Waals surface area contributed by atoms with Crippen LogP contribution in [-0.4, -0.2) is 98.7 Å². The molecule has 0 unspecified atom stereocenters. The van der Waals surface area contributed by atoms with Crippen molar-refractivity contribution in [3.05, 3.63) is 24.3 Å². The van der Waals surface area contributed by atoms with Crippen LogP contribution in [0.5, 0.6) is 0 Å².